The SMILES string of the molecule is CO[C@]1(c2nccc(C)c2[C@H]2CCN(c3cc(N4C[C@@H](N5CCNCC5)[C@H]4C)nc(C(F)F)n3)[C@H](C)C2)CCOC1.O=C(O)C(F)(F)F. The minimum absolute atomic E-state index is 0.107. The van der Waals surface area contributed by atoms with Crippen LogP contribution in [0.2, 0.25) is 0 Å². The van der Waals surface area contributed by atoms with Crippen molar-refractivity contribution in [2.24, 2.45) is 0 Å². The average molecular weight is 686 g/mol. The van der Waals surface area contributed by atoms with Gasteiger partial charge in [-0.2, -0.15) is 13.2 Å². The van der Waals surface area contributed by atoms with E-state index in [0.29, 0.717) is 37.4 Å². The Hall–Kier alpha value is -3.21. The number of alkyl halides is 5. The number of nitrogens with zero attached hydrogens (tertiary/aromatic N) is 6. The Bertz CT molecular complexity index is 1420. The van der Waals surface area contributed by atoms with Gasteiger partial charge in [-0.05, 0) is 56.7 Å². The number of hydrogen-bond donors (Lipinski definition) is 2. The molecule has 266 valence electrons. The number of aryl methyl sites for hydroxylation is 1. The maximum Gasteiger partial charge on any atom is 0.490 e. The number of methoxy groups -OCH3 is 1. The second kappa shape index (κ2) is 14.7. The first kappa shape index (κ1) is 36.1. The maximum absolute atomic E-state index is 14.0. The summed E-state index contributed by atoms with van der Waals surface area (Å²) in [4.78, 5) is 29.3. The fourth-order valence-electron chi connectivity index (χ4n) is 7.37. The Morgan fingerprint density at radius 2 is 1.81 bits per heavy atom. The smallest absolute Gasteiger partial charge is 0.475 e. The summed E-state index contributed by atoms with van der Waals surface area (Å²) in [5.41, 5.74) is 2.92. The highest BCUT2D eigenvalue weighted by Crippen LogP contribution is 2.43. The predicted octanol–water partition coefficient (Wildman–Crippen LogP) is 4.27. The molecule has 48 heavy (non-hydrogen) atoms. The number of carboxylic acids is 1. The van der Waals surface area contributed by atoms with Crippen LogP contribution in [0.5, 0.6) is 0 Å². The molecule has 0 amide bonds. The minimum atomic E-state index is -5.08. The van der Waals surface area contributed by atoms with Crippen molar-refractivity contribution in [2.45, 2.75) is 82.3 Å². The lowest BCUT2D eigenvalue weighted by atomic mass is 9.79. The van der Waals surface area contributed by atoms with Gasteiger partial charge in [0.25, 0.3) is 6.43 Å². The summed E-state index contributed by atoms with van der Waals surface area (Å²) in [5, 5.41) is 10.5. The highest BCUT2D eigenvalue weighted by molar-refractivity contribution is 5.73. The number of halogens is 5. The van der Waals surface area contributed by atoms with E-state index in [1.54, 1.807) is 7.11 Å². The second-order valence-electron chi connectivity index (χ2n) is 12.9. The van der Waals surface area contributed by atoms with Crippen molar-refractivity contribution in [1.29, 1.82) is 0 Å². The molecule has 6 rings (SSSR count). The van der Waals surface area contributed by atoms with Crippen molar-refractivity contribution < 1.29 is 41.3 Å². The second-order valence-corrected chi connectivity index (χ2v) is 12.9. The number of rotatable bonds is 7. The van der Waals surface area contributed by atoms with Crippen molar-refractivity contribution in [3.63, 3.8) is 0 Å². The number of ether oxygens (including phenoxy) is 2. The Kier molecular flexibility index (Phi) is 11.1. The van der Waals surface area contributed by atoms with Crippen LogP contribution in [0.15, 0.2) is 18.3 Å². The molecule has 2 aromatic heterocycles. The van der Waals surface area contributed by atoms with Crippen LogP contribution in [-0.4, -0.2) is 115 Å². The van der Waals surface area contributed by atoms with Gasteiger partial charge in [0.05, 0.1) is 12.3 Å². The number of aromatic nitrogens is 3. The van der Waals surface area contributed by atoms with Crippen LogP contribution in [-0.2, 0) is 19.9 Å². The van der Waals surface area contributed by atoms with Crippen molar-refractivity contribution in [1.82, 2.24) is 25.2 Å². The summed E-state index contributed by atoms with van der Waals surface area (Å²) in [6.07, 6.45) is -3.41. The number of piperidine rings is 1. The number of anilines is 2. The first-order valence-corrected chi connectivity index (χ1v) is 16.3. The summed E-state index contributed by atoms with van der Waals surface area (Å²) in [7, 11) is 1.74. The largest absolute Gasteiger partial charge is 0.490 e. The van der Waals surface area contributed by atoms with E-state index >= 15 is 0 Å². The fourth-order valence-corrected chi connectivity index (χ4v) is 7.37. The molecule has 0 aliphatic carbocycles. The lowest BCUT2D eigenvalue weighted by molar-refractivity contribution is -0.192. The van der Waals surface area contributed by atoms with Crippen LogP contribution in [0.25, 0.3) is 0 Å². The molecule has 0 radical (unpaired) electrons. The Labute approximate surface area is 276 Å². The molecule has 5 atom stereocenters. The molecule has 2 aromatic rings. The molecule has 11 nitrogen and oxygen atoms in total. The van der Waals surface area contributed by atoms with Gasteiger partial charge in [-0.15, -0.1) is 0 Å². The van der Waals surface area contributed by atoms with E-state index in [-0.39, 0.29) is 18.0 Å². The average Bonchev–Trinajstić information content (AvgIpc) is 3.54. The van der Waals surface area contributed by atoms with Crippen LogP contribution in [0.1, 0.15) is 68.1 Å². The van der Waals surface area contributed by atoms with Gasteiger partial charge < -0.3 is 29.7 Å². The predicted molar refractivity (Wildman–Crippen MR) is 168 cm³/mol. The van der Waals surface area contributed by atoms with Gasteiger partial charge in [0, 0.05) is 89.8 Å². The Morgan fingerprint density at radius 3 is 2.35 bits per heavy atom. The topological polar surface area (TPSA) is 116 Å². The molecule has 4 saturated heterocycles. The van der Waals surface area contributed by atoms with Gasteiger partial charge in [0.15, 0.2) is 5.82 Å². The normalized spacial score (nSPS) is 28.2. The maximum atomic E-state index is 14.0. The van der Waals surface area contributed by atoms with Crippen molar-refractivity contribution >= 4 is 17.6 Å². The molecule has 4 aliphatic heterocycles. The van der Waals surface area contributed by atoms with Gasteiger partial charge in [0.2, 0.25) is 0 Å². The van der Waals surface area contributed by atoms with Gasteiger partial charge in [-0.1, -0.05) is 0 Å². The van der Waals surface area contributed by atoms with Crippen molar-refractivity contribution in [2.75, 3.05) is 69.4 Å². The van der Waals surface area contributed by atoms with E-state index < -0.39 is 30.0 Å². The van der Waals surface area contributed by atoms with E-state index in [1.807, 2.05) is 12.3 Å². The summed E-state index contributed by atoms with van der Waals surface area (Å²) in [6.45, 7) is 13.2. The third-order valence-electron chi connectivity index (χ3n) is 10.1. The zero-order chi connectivity index (χ0) is 34.8. The first-order chi connectivity index (χ1) is 22.8. The van der Waals surface area contributed by atoms with Crippen molar-refractivity contribution in [3.8, 4) is 0 Å². The first-order valence-electron chi connectivity index (χ1n) is 16.3. The van der Waals surface area contributed by atoms with Crippen LogP contribution < -0.4 is 15.1 Å². The van der Waals surface area contributed by atoms with Crippen LogP contribution in [0, 0.1) is 6.92 Å². The van der Waals surface area contributed by atoms with E-state index in [4.69, 9.17) is 24.4 Å². The summed E-state index contributed by atoms with van der Waals surface area (Å²) in [5.74, 6) is -1.67. The molecule has 0 unspecified atom stereocenters. The van der Waals surface area contributed by atoms with Gasteiger partial charge in [-0.3, -0.25) is 9.88 Å². The number of pyridine rings is 1. The van der Waals surface area contributed by atoms with Gasteiger partial charge >= 0.3 is 12.1 Å². The van der Waals surface area contributed by atoms with E-state index in [0.717, 1.165) is 57.7 Å². The molecule has 2 N–H and O–H groups in total. The number of carbonyl (C=O) groups is 1. The van der Waals surface area contributed by atoms with Crippen molar-refractivity contribution in [3.05, 3.63) is 41.0 Å². The molecule has 6 heterocycles. The van der Waals surface area contributed by atoms with Crippen LogP contribution in [0.3, 0.4) is 0 Å². The zero-order valence-corrected chi connectivity index (χ0v) is 27.6. The number of carboxylic acid groups (broad SMARTS) is 1. The van der Waals surface area contributed by atoms with Gasteiger partial charge in [-0.25, -0.2) is 23.5 Å². The highest BCUT2D eigenvalue weighted by atomic mass is 19.4. The minimum Gasteiger partial charge on any atom is -0.475 e. The van der Waals surface area contributed by atoms with E-state index in [1.165, 1.54) is 11.1 Å². The number of aliphatic carboxylic acids is 1. The molecular weight excluding hydrogens is 641 g/mol. The van der Waals surface area contributed by atoms with E-state index in [9.17, 15) is 22.0 Å². The molecule has 4 aliphatic rings. The Morgan fingerprint density at radius 1 is 1.15 bits per heavy atom. The zero-order valence-electron chi connectivity index (χ0n) is 27.6. The molecule has 0 saturated carbocycles. The monoisotopic (exact) mass is 685 g/mol. The molecule has 0 spiro atoms. The lowest BCUT2D eigenvalue weighted by Crippen LogP contribution is -2.68. The third kappa shape index (κ3) is 7.50. The Balaban J connectivity index is 0.000000582. The van der Waals surface area contributed by atoms with E-state index in [2.05, 4.69) is 56.8 Å². The molecule has 0 aromatic carbocycles. The molecule has 4 fully saturated rings. The third-order valence-corrected chi connectivity index (χ3v) is 10.1. The fraction of sp³-hybridized carbons (Fsp3) is 0.688. The molecule has 0 bridgehead atoms. The standard InChI is InChI=1S/C30H43F2N7O2.C2HF3O2/c1-19-5-8-34-27(30(40-4)7-14-41-18-30)26(19)22-6-11-38(20(2)15-22)24-16-25(36-29(35-24)28(31)32)39-17-23(21(39)3)37-12-9-33-10-13-37;3-2(4,5)1(6)7/h5,8,16,20-23,28,33H,6-7,9-15,17-18H2,1-4H3;(H,6,7)/t20-,21-,22+,23-,30-;/m1./s1. The van der Waals surface area contributed by atoms with Crippen LogP contribution >= 0.6 is 0 Å². The molecule has 16 heteroatoms. The number of nitrogens with one attached hydrogen (secondary N) is 1. The van der Waals surface area contributed by atoms with Gasteiger partial charge in [0.1, 0.15) is 17.2 Å². The van der Waals surface area contributed by atoms with Crippen LogP contribution in [0.4, 0.5) is 33.6 Å². The summed E-state index contributed by atoms with van der Waals surface area (Å²) < 4.78 is 71.6. The number of hydrogen-bond acceptors (Lipinski definition) is 10. The summed E-state index contributed by atoms with van der Waals surface area (Å²) in [6, 6.07) is 4.73. The quantitative estimate of drug-likeness (QED) is 0.408. The molecular formula is C32H44F5N7O4. The number of piperazine rings is 1. The summed E-state index contributed by atoms with van der Waals surface area (Å²) >= 11 is 0. The lowest BCUT2D eigenvalue weighted by Gasteiger charge is -2.53. The highest BCUT2D eigenvalue weighted by Gasteiger charge is 2.44.